The normalized spacial score (nSPS) is 10.2. The molecule has 0 aliphatic rings. The van der Waals surface area contributed by atoms with Crippen LogP contribution in [0, 0.1) is 41.1 Å². The molecule has 0 aliphatic heterocycles. The van der Waals surface area contributed by atoms with Gasteiger partial charge in [-0.3, -0.25) is 0 Å². The van der Waals surface area contributed by atoms with Gasteiger partial charge in [0.25, 0.3) is 0 Å². The van der Waals surface area contributed by atoms with Crippen molar-refractivity contribution < 1.29 is 17.9 Å². The van der Waals surface area contributed by atoms with Crippen LogP contribution in [0.1, 0.15) is 35.6 Å². The lowest BCUT2D eigenvalue weighted by Crippen LogP contribution is -1.96. The minimum atomic E-state index is -0.870. The van der Waals surface area contributed by atoms with Crippen LogP contribution in [-0.4, -0.2) is 6.61 Å². The van der Waals surface area contributed by atoms with Gasteiger partial charge in [-0.1, -0.05) is 42.7 Å². The standard InChI is InChI=1S/C29H19F3O/c1-2-17-33-25-14-12-23(28(31)19-25)11-9-21-5-3-20(4-6-21)7-8-22-10-15-26-24(18-22)13-16-27(30)29(26)32/h3-6,10,12-16,18-19H,2,17H2,1H3. The zero-order chi connectivity index (χ0) is 23.2. The van der Waals surface area contributed by atoms with E-state index in [1.807, 2.05) is 31.2 Å². The molecule has 4 aromatic rings. The van der Waals surface area contributed by atoms with Gasteiger partial charge in [0.05, 0.1) is 12.2 Å². The van der Waals surface area contributed by atoms with E-state index in [0.29, 0.717) is 28.9 Å². The number of benzene rings is 4. The van der Waals surface area contributed by atoms with Crippen LogP contribution in [0.25, 0.3) is 10.8 Å². The van der Waals surface area contributed by atoms with Crippen molar-refractivity contribution in [2.45, 2.75) is 13.3 Å². The van der Waals surface area contributed by atoms with E-state index in [1.165, 1.54) is 18.2 Å². The Hall–Kier alpha value is -4.15. The summed E-state index contributed by atoms with van der Waals surface area (Å²) in [4.78, 5) is 0. The Bertz CT molecular complexity index is 1430. The van der Waals surface area contributed by atoms with E-state index < -0.39 is 17.5 Å². The Morgan fingerprint density at radius 2 is 1.33 bits per heavy atom. The van der Waals surface area contributed by atoms with Gasteiger partial charge >= 0.3 is 0 Å². The lowest BCUT2D eigenvalue weighted by molar-refractivity contribution is 0.315. The Morgan fingerprint density at radius 3 is 2.03 bits per heavy atom. The van der Waals surface area contributed by atoms with E-state index in [9.17, 15) is 13.2 Å². The zero-order valence-corrected chi connectivity index (χ0v) is 17.9. The van der Waals surface area contributed by atoms with Gasteiger partial charge in [0.15, 0.2) is 11.6 Å². The predicted octanol–water partition coefficient (Wildman–Crippen LogP) is 6.85. The van der Waals surface area contributed by atoms with E-state index in [-0.39, 0.29) is 5.39 Å². The van der Waals surface area contributed by atoms with Crippen molar-refractivity contribution in [1.82, 2.24) is 0 Å². The molecule has 4 rings (SSSR count). The molecule has 0 N–H and O–H groups in total. The van der Waals surface area contributed by atoms with Crippen molar-refractivity contribution in [3.8, 4) is 29.4 Å². The number of fused-ring (bicyclic) bond motifs is 1. The maximum Gasteiger partial charge on any atom is 0.166 e. The van der Waals surface area contributed by atoms with Gasteiger partial charge in [-0.2, -0.15) is 0 Å². The third-order valence-corrected chi connectivity index (χ3v) is 4.90. The highest BCUT2D eigenvalue weighted by molar-refractivity contribution is 5.84. The van der Waals surface area contributed by atoms with Crippen LogP contribution in [0.15, 0.2) is 72.8 Å². The lowest BCUT2D eigenvalue weighted by Gasteiger charge is -2.04. The molecular formula is C29H19F3O. The van der Waals surface area contributed by atoms with Gasteiger partial charge in [0.2, 0.25) is 0 Å². The maximum absolute atomic E-state index is 14.2. The van der Waals surface area contributed by atoms with Crippen molar-refractivity contribution in [1.29, 1.82) is 0 Å². The SMILES string of the molecule is CCCOc1ccc(C#Cc2ccc(C#Cc3ccc4c(F)c(F)ccc4c3)cc2)c(F)c1. The van der Waals surface area contributed by atoms with Crippen LogP contribution in [0.5, 0.6) is 5.75 Å². The molecule has 0 saturated heterocycles. The molecule has 4 aromatic carbocycles. The molecule has 0 aliphatic carbocycles. The highest BCUT2D eigenvalue weighted by Crippen LogP contribution is 2.21. The number of halogens is 3. The maximum atomic E-state index is 14.2. The van der Waals surface area contributed by atoms with Crippen LogP contribution in [0.3, 0.4) is 0 Å². The average Bonchev–Trinajstić information content (AvgIpc) is 2.84. The van der Waals surface area contributed by atoms with Crippen molar-refractivity contribution in [3.63, 3.8) is 0 Å². The van der Waals surface area contributed by atoms with Crippen LogP contribution >= 0.6 is 0 Å². The smallest absolute Gasteiger partial charge is 0.166 e. The minimum absolute atomic E-state index is 0.225. The van der Waals surface area contributed by atoms with E-state index >= 15 is 0 Å². The van der Waals surface area contributed by atoms with E-state index in [0.717, 1.165) is 23.6 Å². The molecule has 33 heavy (non-hydrogen) atoms. The number of ether oxygens (including phenoxy) is 1. The first-order valence-corrected chi connectivity index (χ1v) is 10.5. The molecule has 0 atom stereocenters. The van der Waals surface area contributed by atoms with Crippen molar-refractivity contribution in [2.24, 2.45) is 0 Å². The summed E-state index contributed by atoms with van der Waals surface area (Å²) in [7, 11) is 0. The molecule has 0 spiro atoms. The quantitative estimate of drug-likeness (QED) is 0.317. The molecule has 0 heterocycles. The third-order valence-electron chi connectivity index (χ3n) is 4.90. The second-order valence-corrected chi connectivity index (χ2v) is 7.36. The molecule has 162 valence electrons. The Morgan fingerprint density at radius 1 is 0.667 bits per heavy atom. The lowest BCUT2D eigenvalue weighted by atomic mass is 10.1. The minimum Gasteiger partial charge on any atom is -0.494 e. The fourth-order valence-electron chi connectivity index (χ4n) is 3.17. The van der Waals surface area contributed by atoms with Gasteiger partial charge in [0.1, 0.15) is 11.6 Å². The van der Waals surface area contributed by atoms with Crippen LogP contribution in [-0.2, 0) is 0 Å². The average molecular weight is 440 g/mol. The van der Waals surface area contributed by atoms with E-state index in [2.05, 4.69) is 23.7 Å². The summed E-state index contributed by atoms with van der Waals surface area (Å²) >= 11 is 0. The van der Waals surface area contributed by atoms with Gasteiger partial charge < -0.3 is 4.74 Å². The first kappa shape index (κ1) is 22.1. The number of hydrogen-bond acceptors (Lipinski definition) is 1. The topological polar surface area (TPSA) is 9.23 Å². The predicted molar refractivity (Wildman–Crippen MR) is 124 cm³/mol. The highest BCUT2D eigenvalue weighted by atomic mass is 19.2. The summed E-state index contributed by atoms with van der Waals surface area (Å²) in [6.07, 6.45) is 0.854. The summed E-state index contributed by atoms with van der Waals surface area (Å²) in [5.41, 5.74) is 2.50. The van der Waals surface area contributed by atoms with Crippen LogP contribution < -0.4 is 4.74 Å². The third kappa shape index (κ3) is 5.37. The molecule has 1 nitrogen and oxygen atoms in total. The van der Waals surface area contributed by atoms with Gasteiger partial charge in [-0.05, 0) is 66.4 Å². The summed E-state index contributed by atoms with van der Waals surface area (Å²) < 4.78 is 46.8. The largest absolute Gasteiger partial charge is 0.494 e. The first-order chi connectivity index (χ1) is 16.0. The molecule has 0 aromatic heterocycles. The molecule has 4 heteroatoms. The van der Waals surface area contributed by atoms with Crippen molar-refractivity contribution in [2.75, 3.05) is 6.61 Å². The van der Waals surface area contributed by atoms with Crippen molar-refractivity contribution in [3.05, 3.63) is 113 Å². The van der Waals surface area contributed by atoms with Gasteiger partial charge in [-0.15, -0.1) is 0 Å². The molecule has 0 radical (unpaired) electrons. The van der Waals surface area contributed by atoms with E-state index in [4.69, 9.17) is 4.74 Å². The summed E-state index contributed by atoms with van der Waals surface area (Å²) in [6.45, 7) is 2.53. The molecule has 0 amide bonds. The van der Waals surface area contributed by atoms with Crippen LogP contribution in [0.4, 0.5) is 13.2 Å². The molecule has 0 fully saturated rings. The summed E-state index contributed by atoms with van der Waals surface area (Å²) in [5, 5.41) is 0.812. The molecule has 0 saturated carbocycles. The first-order valence-electron chi connectivity index (χ1n) is 10.5. The molecular weight excluding hydrogens is 421 g/mol. The van der Waals surface area contributed by atoms with Gasteiger partial charge in [-0.25, -0.2) is 13.2 Å². The Kier molecular flexibility index (Phi) is 6.67. The monoisotopic (exact) mass is 440 g/mol. The number of rotatable bonds is 3. The van der Waals surface area contributed by atoms with Crippen molar-refractivity contribution >= 4 is 10.8 Å². The summed E-state index contributed by atoms with van der Waals surface area (Å²) in [6, 6.07) is 19.5. The Labute approximate surface area is 190 Å². The van der Waals surface area contributed by atoms with Gasteiger partial charge in [0, 0.05) is 28.1 Å². The summed E-state index contributed by atoms with van der Waals surface area (Å²) in [5.74, 6) is 10.2. The zero-order valence-electron chi connectivity index (χ0n) is 17.9. The van der Waals surface area contributed by atoms with Crippen LogP contribution in [0.2, 0.25) is 0 Å². The fraction of sp³-hybridized carbons (Fsp3) is 0.103. The second-order valence-electron chi connectivity index (χ2n) is 7.36. The second kappa shape index (κ2) is 9.98. The Balaban J connectivity index is 1.48. The number of hydrogen-bond donors (Lipinski definition) is 0. The highest BCUT2D eigenvalue weighted by Gasteiger charge is 2.06. The van der Waals surface area contributed by atoms with E-state index in [1.54, 1.807) is 24.3 Å². The molecule has 0 unspecified atom stereocenters. The fourth-order valence-corrected chi connectivity index (χ4v) is 3.17. The molecule has 0 bridgehead atoms.